The van der Waals surface area contributed by atoms with E-state index in [9.17, 15) is 4.79 Å². The third-order valence-electron chi connectivity index (χ3n) is 6.83. The fourth-order valence-electron chi connectivity index (χ4n) is 4.53. The van der Waals surface area contributed by atoms with Crippen molar-refractivity contribution in [1.29, 1.82) is 0 Å². The van der Waals surface area contributed by atoms with Crippen molar-refractivity contribution in [2.75, 3.05) is 43.1 Å². The fraction of sp³-hybridized carbons (Fsp3) is 0.310. The number of amides is 1. The number of hydrogen-bond donors (Lipinski definition) is 1. The number of hydrogen-bond acceptors (Lipinski definition) is 5. The number of nitrogens with zero attached hydrogens (tertiary/aromatic N) is 2. The van der Waals surface area contributed by atoms with Gasteiger partial charge in [0.2, 0.25) is 0 Å². The van der Waals surface area contributed by atoms with Crippen molar-refractivity contribution >= 4 is 28.7 Å². The van der Waals surface area contributed by atoms with E-state index in [1.807, 2.05) is 60.7 Å². The molecule has 2 heterocycles. The van der Waals surface area contributed by atoms with Crippen molar-refractivity contribution in [3.63, 3.8) is 0 Å². The van der Waals surface area contributed by atoms with Crippen molar-refractivity contribution < 1.29 is 14.3 Å². The summed E-state index contributed by atoms with van der Waals surface area (Å²) >= 11 is 0. The van der Waals surface area contributed by atoms with Crippen LogP contribution in [-0.2, 0) is 11.2 Å². The summed E-state index contributed by atoms with van der Waals surface area (Å²) in [7, 11) is 0. The first-order valence-electron chi connectivity index (χ1n) is 12.4. The summed E-state index contributed by atoms with van der Waals surface area (Å²) in [6, 6.07) is 21.8. The van der Waals surface area contributed by atoms with Crippen LogP contribution in [0.5, 0.6) is 5.75 Å². The highest BCUT2D eigenvalue weighted by molar-refractivity contribution is 6.08. The maximum Gasteiger partial charge on any atom is 0.255 e. The van der Waals surface area contributed by atoms with E-state index in [1.54, 1.807) is 0 Å². The number of nitrogens with one attached hydrogen (secondary N) is 1. The molecule has 1 amide bonds. The predicted octanol–water partition coefficient (Wildman–Crippen LogP) is 5.24. The molecule has 6 nitrogen and oxygen atoms in total. The zero-order valence-corrected chi connectivity index (χ0v) is 19.7. The van der Waals surface area contributed by atoms with Gasteiger partial charge in [-0.2, -0.15) is 0 Å². The fourth-order valence-corrected chi connectivity index (χ4v) is 4.53. The number of benzene rings is 3. The maximum absolute atomic E-state index is 12.8. The summed E-state index contributed by atoms with van der Waals surface area (Å²) in [4.78, 5) is 19.9. The maximum atomic E-state index is 12.8. The van der Waals surface area contributed by atoms with E-state index in [4.69, 9.17) is 14.5 Å². The quantitative estimate of drug-likeness (QED) is 0.516. The number of carbonyl (C=O) groups is 1. The van der Waals surface area contributed by atoms with E-state index in [0.717, 1.165) is 79.3 Å². The van der Waals surface area contributed by atoms with Crippen LogP contribution in [0, 0.1) is 5.92 Å². The van der Waals surface area contributed by atoms with E-state index in [1.165, 1.54) is 18.4 Å². The van der Waals surface area contributed by atoms with Crippen molar-refractivity contribution in [3.05, 3.63) is 83.4 Å². The van der Waals surface area contributed by atoms with Crippen LogP contribution in [0.15, 0.2) is 71.7 Å². The van der Waals surface area contributed by atoms with Crippen LogP contribution in [0.2, 0.25) is 0 Å². The Bertz CT molecular complexity index is 1240. The monoisotopic (exact) mass is 467 g/mol. The Morgan fingerprint density at radius 1 is 1.00 bits per heavy atom. The molecular weight excluding hydrogens is 438 g/mol. The SMILES string of the molecule is O=C(Nc1ccc(N2CCOCC2)cc1)c1ccc(C2=Nc3ccc(OCC4CC4)cc3C2)cc1. The first-order valence-corrected chi connectivity index (χ1v) is 12.4. The third kappa shape index (κ3) is 5.08. The molecule has 1 aliphatic carbocycles. The molecule has 0 atom stereocenters. The van der Waals surface area contributed by atoms with Crippen molar-refractivity contribution in [1.82, 2.24) is 0 Å². The van der Waals surface area contributed by atoms with Gasteiger partial charge in [0.15, 0.2) is 0 Å². The zero-order valence-electron chi connectivity index (χ0n) is 19.7. The number of rotatable bonds is 7. The number of anilines is 2. The molecule has 0 spiro atoms. The van der Waals surface area contributed by atoms with Gasteiger partial charge in [-0.1, -0.05) is 12.1 Å². The molecule has 6 heteroatoms. The summed E-state index contributed by atoms with van der Waals surface area (Å²) in [5, 5.41) is 3.00. The standard InChI is InChI=1S/C29H29N3O3/c33-29(30-24-7-9-25(10-8-24)32-13-15-34-16-14-32)22-5-3-21(4-6-22)28-18-23-17-26(11-12-27(23)31-28)35-19-20-1-2-20/h3-12,17,20H,1-2,13-16,18-19H2,(H,30,33). The molecule has 3 aromatic rings. The molecule has 0 unspecified atom stereocenters. The average molecular weight is 468 g/mol. The largest absolute Gasteiger partial charge is 0.493 e. The lowest BCUT2D eigenvalue weighted by Gasteiger charge is -2.28. The van der Waals surface area contributed by atoms with Gasteiger partial charge in [-0.05, 0) is 84.5 Å². The average Bonchev–Trinajstić information content (AvgIpc) is 3.65. The molecule has 0 bridgehead atoms. The Labute approximate surface area is 205 Å². The van der Waals surface area contributed by atoms with E-state index in [-0.39, 0.29) is 5.91 Å². The van der Waals surface area contributed by atoms with Crippen molar-refractivity contribution in [3.8, 4) is 5.75 Å². The lowest BCUT2D eigenvalue weighted by Crippen LogP contribution is -2.36. The summed E-state index contributed by atoms with van der Waals surface area (Å²) in [5.74, 6) is 1.54. The number of fused-ring (bicyclic) bond motifs is 1. The molecule has 1 saturated heterocycles. The highest BCUT2D eigenvalue weighted by atomic mass is 16.5. The molecule has 3 aromatic carbocycles. The van der Waals surface area contributed by atoms with E-state index >= 15 is 0 Å². The molecule has 35 heavy (non-hydrogen) atoms. The second-order valence-corrected chi connectivity index (χ2v) is 9.46. The lowest BCUT2D eigenvalue weighted by atomic mass is 10.0. The van der Waals surface area contributed by atoms with E-state index in [0.29, 0.717) is 5.56 Å². The van der Waals surface area contributed by atoms with Crippen LogP contribution >= 0.6 is 0 Å². The summed E-state index contributed by atoms with van der Waals surface area (Å²) in [6.45, 7) is 4.10. The second kappa shape index (κ2) is 9.55. The molecule has 1 saturated carbocycles. The Morgan fingerprint density at radius 2 is 1.77 bits per heavy atom. The lowest BCUT2D eigenvalue weighted by molar-refractivity contribution is 0.102. The van der Waals surface area contributed by atoms with Crippen LogP contribution in [0.25, 0.3) is 0 Å². The Morgan fingerprint density at radius 3 is 2.51 bits per heavy atom. The van der Waals surface area contributed by atoms with Gasteiger partial charge in [-0.25, -0.2) is 0 Å². The smallest absolute Gasteiger partial charge is 0.255 e. The molecule has 3 aliphatic rings. The summed E-state index contributed by atoms with van der Waals surface area (Å²) in [6.07, 6.45) is 3.35. The van der Waals surface area contributed by atoms with E-state index in [2.05, 4.69) is 16.3 Å². The van der Waals surface area contributed by atoms with E-state index < -0.39 is 0 Å². The number of aliphatic imine (C=N–C) groups is 1. The predicted molar refractivity (Wildman–Crippen MR) is 138 cm³/mol. The normalized spacial score (nSPS) is 17.0. The molecule has 0 radical (unpaired) electrons. The first-order chi connectivity index (χ1) is 17.2. The Hall–Kier alpha value is -3.64. The number of ether oxygens (including phenoxy) is 2. The Balaban J connectivity index is 1.07. The van der Waals surface area contributed by atoms with Gasteiger partial charge in [0.25, 0.3) is 5.91 Å². The molecule has 0 aromatic heterocycles. The van der Waals surface area contributed by atoms with Crippen molar-refractivity contribution in [2.45, 2.75) is 19.3 Å². The van der Waals surface area contributed by atoms with Gasteiger partial charge in [-0.15, -0.1) is 0 Å². The van der Waals surface area contributed by atoms with Crippen LogP contribution < -0.4 is 15.0 Å². The third-order valence-corrected chi connectivity index (χ3v) is 6.83. The van der Waals surface area contributed by atoms with Gasteiger partial charge in [-0.3, -0.25) is 9.79 Å². The minimum atomic E-state index is -0.121. The van der Waals surface area contributed by atoms with Gasteiger partial charge >= 0.3 is 0 Å². The Kier molecular flexibility index (Phi) is 5.96. The highest BCUT2D eigenvalue weighted by Crippen LogP contribution is 2.34. The van der Waals surface area contributed by atoms with Gasteiger partial charge in [0, 0.05) is 36.4 Å². The van der Waals surface area contributed by atoms with Gasteiger partial charge in [0.1, 0.15) is 5.75 Å². The van der Waals surface area contributed by atoms with Crippen LogP contribution in [0.3, 0.4) is 0 Å². The minimum absolute atomic E-state index is 0.121. The zero-order chi connectivity index (χ0) is 23.6. The summed E-state index contributed by atoms with van der Waals surface area (Å²) in [5.41, 5.74) is 6.80. The molecule has 2 aliphatic heterocycles. The second-order valence-electron chi connectivity index (χ2n) is 9.46. The van der Waals surface area contributed by atoms with Gasteiger partial charge in [0.05, 0.1) is 31.2 Å². The minimum Gasteiger partial charge on any atom is -0.493 e. The molecule has 1 N–H and O–H groups in total. The highest BCUT2D eigenvalue weighted by Gasteiger charge is 2.23. The first kappa shape index (κ1) is 21.9. The molecule has 6 rings (SSSR count). The van der Waals surface area contributed by atoms with Crippen molar-refractivity contribution in [2.24, 2.45) is 10.9 Å². The number of morpholine rings is 1. The molecular formula is C29H29N3O3. The number of carbonyl (C=O) groups excluding carboxylic acids is 1. The topological polar surface area (TPSA) is 63.2 Å². The van der Waals surface area contributed by atoms with Gasteiger partial charge < -0.3 is 19.7 Å². The van der Waals surface area contributed by atoms with Crippen LogP contribution in [0.1, 0.15) is 34.3 Å². The molecule has 178 valence electrons. The summed E-state index contributed by atoms with van der Waals surface area (Å²) < 4.78 is 11.3. The molecule has 2 fully saturated rings. The van der Waals surface area contributed by atoms with Crippen LogP contribution in [-0.4, -0.2) is 44.5 Å². The van der Waals surface area contributed by atoms with Crippen LogP contribution in [0.4, 0.5) is 17.1 Å².